The Morgan fingerprint density at radius 1 is 1.43 bits per heavy atom. The molecule has 1 aromatic carbocycles. The van der Waals surface area contributed by atoms with Gasteiger partial charge in [-0.25, -0.2) is 9.37 Å². The van der Waals surface area contributed by atoms with Crippen molar-refractivity contribution in [3.63, 3.8) is 0 Å². The zero-order valence-electron chi connectivity index (χ0n) is 12.6. The fourth-order valence-corrected chi connectivity index (χ4v) is 3.17. The van der Waals surface area contributed by atoms with Gasteiger partial charge in [0, 0.05) is 10.9 Å². The van der Waals surface area contributed by atoms with Crippen LogP contribution in [0.15, 0.2) is 23.7 Å². The first-order valence-corrected chi connectivity index (χ1v) is 7.99. The van der Waals surface area contributed by atoms with Crippen molar-refractivity contribution in [3.05, 3.63) is 45.7 Å². The first kappa shape index (κ1) is 15.9. The van der Waals surface area contributed by atoms with E-state index in [1.165, 1.54) is 12.0 Å². The average molecular weight is 308 g/mol. The van der Waals surface area contributed by atoms with E-state index in [-0.39, 0.29) is 17.6 Å². The van der Waals surface area contributed by atoms with Gasteiger partial charge in [-0.05, 0) is 44.0 Å². The van der Waals surface area contributed by atoms with Crippen LogP contribution in [-0.4, -0.2) is 18.6 Å². The van der Waals surface area contributed by atoms with Crippen LogP contribution in [0.5, 0.6) is 5.75 Å². The molecule has 2 aromatic rings. The Bertz CT molecular complexity index is 585. The Morgan fingerprint density at radius 3 is 2.81 bits per heavy atom. The van der Waals surface area contributed by atoms with Gasteiger partial charge in [0.1, 0.15) is 0 Å². The van der Waals surface area contributed by atoms with Crippen molar-refractivity contribution < 1.29 is 9.13 Å². The number of hydrogen-bond acceptors (Lipinski definition) is 4. The second kappa shape index (κ2) is 7.52. The number of thiazole rings is 1. The SMILES string of the molecule is CCCNC(Cc1ccc(OC)c(F)c1)c1scnc1C. The molecule has 0 aliphatic carbocycles. The lowest BCUT2D eigenvalue weighted by Gasteiger charge is -2.18. The minimum Gasteiger partial charge on any atom is -0.494 e. The number of methoxy groups -OCH3 is 1. The molecule has 0 aliphatic rings. The lowest BCUT2D eigenvalue weighted by molar-refractivity contribution is 0.386. The van der Waals surface area contributed by atoms with Crippen LogP contribution < -0.4 is 10.1 Å². The summed E-state index contributed by atoms with van der Waals surface area (Å²) in [4.78, 5) is 5.54. The molecule has 0 aliphatic heterocycles. The maximum atomic E-state index is 13.8. The van der Waals surface area contributed by atoms with Gasteiger partial charge in [0.2, 0.25) is 0 Å². The molecule has 0 spiro atoms. The highest BCUT2D eigenvalue weighted by Crippen LogP contribution is 2.27. The fourth-order valence-electron chi connectivity index (χ4n) is 2.29. The van der Waals surface area contributed by atoms with Gasteiger partial charge in [-0.1, -0.05) is 13.0 Å². The van der Waals surface area contributed by atoms with Crippen molar-refractivity contribution in [2.45, 2.75) is 32.7 Å². The zero-order valence-corrected chi connectivity index (χ0v) is 13.5. The summed E-state index contributed by atoms with van der Waals surface area (Å²) in [5.74, 6) is -0.0314. The maximum Gasteiger partial charge on any atom is 0.165 e. The van der Waals surface area contributed by atoms with Crippen molar-refractivity contribution in [3.8, 4) is 5.75 Å². The normalized spacial score (nSPS) is 12.4. The van der Waals surface area contributed by atoms with E-state index in [1.54, 1.807) is 23.5 Å². The standard InChI is InChI=1S/C16H21FN2OS/c1-4-7-18-14(16-11(2)19-10-21-16)9-12-5-6-15(20-3)13(17)8-12/h5-6,8,10,14,18H,4,7,9H2,1-3H3. The molecule has 1 N–H and O–H groups in total. The molecule has 3 nitrogen and oxygen atoms in total. The molecule has 1 aromatic heterocycles. The van der Waals surface area contributed by atoms with Crippen LogP contribution in [0.3, 0.4) is 0 Å². The molecule has 114 valence electrons. The molecule has 0 radical (unpaired) electrons. The van der Waals surface area contributed by atoms with Gasteiger partial charge in [0.05, 0.1) is 18.3 Å². The first-order valence-electron chi connectivity index (χ1n) is 7.11. The van der Waals surface area contributed by atoms with E-state index in [2.05, 4.69) is 17.2 Å². The molecular weight excluding hydrogens is 287 g/mol. The van der Waals surface area contributed by atoms with Crippen LogP contribution in [-0.2, 0) is 6.42 Å². The number of halogens is 1. The third kappa shape index (κ3) is 4.02. The van der Waals surface area contributed by atoms with Crippen molar-refractivity contribution >= 4 is 11.3 Å². The van der Waals surface area contributed by atoms with Crippen LogP contribution in [0.4, 0.5) is 4.39 Å². The van der Waals surface area contributed by atoms with Crippen molar-refractivity contribution in [2.24, 2.45) is 0 Å². The minimum atomic E-state index is -0.315. The molecule has 0 saturated heterocycles. The summed E-state index contributed by atoms with van der Waals surface area (Å²) in [6, 6.07) is 5.32. The van der Waals surface area contributed by atoms with E-state index >= 15 is 0 Å². The summed E-state index contributed by atoms with van der Waals surface area (Å²) in [6.07, 6.45) is 1.80. The minimum absolute atomic E-state index is 0.172. The van der Waals surface area contributed by atoms with E-state index in [4.69, 9.17) is 4.74 Å². The Morgan fingerprint density at radius 2 is 2.24 bits per heavy atom. The Kier molecular flexibility index (Phi) is 5.70. The number of nitrogens with zero attached hydrogens (tertiary/aromatic N) is 1. The van der Waals surface area contributed by atoms with Gasteiger partial charge in [0.15, 0.2) is 11.6 Å². The largest absolute Gasteiger partial charge is 0.494 e. The number of rotatable bonds is 7. The second-order valence-corrected chi connectivity index (χ2v) is 5.87. The van der Waals surface area contributed by atoms with E-state index in [9.17, 15) is 4.39 Å². The molecule has 1 unspecified atom stereocenters. The zero-order chi connectivity index (χ0) is 15.2. The molecule has 5 heteroatoms. The number of nitrogens with one attached hydrogen (secondary N) is 1. The molecular formula is C16H21FN2OS. The quantitative estimate of drug-likeness (QED) is 0.843. The molecule has 21 heavy (non-hydrogen) atoms. The van der Waals surface area contributed by atoms with E-state index in [1.807, 2.05) is 18.5 Å². The first-order chi connectivity index (χ1) is 10.2. The summed E-state index contributed by atoms with van der Waals surface area (Å²) in [5.41, 5.74) is 3.86. The number of aryl methyl sites for hydroxylation is 1. The third-order valence-electron chi connectivity index (χ3n) is 3.40. The average Bonchev–Trinajstić information content (AvgIpc) is 2.90. The van der Waals surface area contributed by atoms with Crippen LogP contribution in [0.2, 0.25) is 0 Å². The van der Waals surface area contributed by atoms with Gasteiger partial charge in [-0.15, -0.1) is 11.3 Å². The van der Waals surface area contributed by atoms with E-state index in [0.717, 1.165) is 30.6 Å². The number of hydrogen-bond donors (Lipinski definition) is 1. The van der Waals surface area contributed by atoms with Crippen LogP contribution in [0.1, 0.15) is 35.5 Å². The second-order valence-electron chi connectivity index (χ2n) is 4.98. The molecule has 0 bridgehead atoms. The predicted octanol–water partition coefficient (Wildman–Crippen LogP) is 3.88. The Balaban J connectivity index is 2.18. The van der Waals surface area contributed by atoms with Gasteiger partial charge in [0.25, 0.3) is 0 Å². The maximum absolute atomic E-state index is 13.8. The Hall–Kier alpha value is -1.46. The van der Waals surface area contributed by atoms with Gasteiger partial charge in [-0.3, -0.25) is 0 Å². The summed E-state index contributed by atoms with van der Waals surface area (Å²) in [5, 5.41) is 3.53. The molecule has 0 fully saturated rings. The molecule has 0 saturated carbocycles. The van der Waals surface area contributed by atoms with Crippen molar-refractivity contribution in [1.82, 2.24) is 10.3 Å². The molecule has 0 amide bonds. The van der Waals surface area contributed by atoms with Gasteiger partial charge < -0.3 is 10.1 Å². The Labute approximate surface area is 129 Å². The van der Waals surface area contributed by atoms with E-state index < -0.39 is 0 Å². The monoisotopic (exact) mass is 308 g/mol. The number of aromatic nitrogens is 1. The highest BCUT2D eigenvalue weighted by Gasteiger charge is 2.17. The van der Waals surface area contributed by atoms with Crippen LogP contribution in [0.25, 0.3) is 0 Å². The van der Waals surface area contributed by atoms with E-state index in [0.29, 0.717) is 0 Å². The van der Waals surface area contributed by atoms with Crippen LogP contribution in [0, 0.1) is 12.7 Å². The van der Waals surface area contributed by atoms with Crippen LogP contribution >= 0.6 is 11.3 Å². The summed E-state index contributed by atoms with van der Waals surface area (Å²) in [7, 11) is 1.48. The highest BCUT2D eigenvalue weighted by molar-refractivity contribution is 7.09. The molecule has 1 heterocycles. The van der Waals surface area contributed by atoms with Gasteiger partial charge >= 0.3 is 0 Å². The topological polar surface area (TPSA) is 34.1 Å². The summed E-state index contributed by atoms with van der Waals surface area (Å²) >= 11 is 1.65. The predicted molar refractivity (Wildman–Crippen MR) is 84.5 cm³/mol. The number of benzene rings is 1. The molecule has 2 rings (SSSR count). The van der Waals surface area contributed by atoms with Gasteiger partial charge in [-0.2, -0.15) is 0 Å². The lowest BCUT2D eigenvalue weighted by atomic mass is 10.0. The summed E-state index contributed by atoms with van der Waals surface area (Å²) < 4.78 is 18.8. The third-order valence-corrected chi connectivity index (χ3v) is 4.44. The van der Waals surface area contributed by atoms with Crippen molar-refractivity contribution in [2.75, 3.05) is 13.7 Å². The smallest absolute Gasteiger partial charge is 0.165 e. The fraction of sp³-hybridized carbons (Fsp3) is 0.438. The number of ether oxygens (including phenoxy) is 1. The highest BCUT2D eigenvalue weighted by atomic mass is 32.1. The van der Waals surface area contributed by atoms with Crippen molar-refractivity contribution in [1.29, 1.82) is 0 Å². The summed E-state index contributed by atoms with van der Waals surface area (Å²) in [6.45, 7) is 5.08. The molecule has 1 atom stereocenters. The lowest BCUT2D eigenvalue weighted by Crippen LogP contribution is -2.24.